The molecule has 0 saturated carbocycles. The molecule has 3 aromatic rings. The van der Waals surface area contributed by atoms with Crippen LogP contribution in [0.5, 0.6) is 0 Å². The summed E-state index contributed by atoms with van der Waals surface area (Å²) in [4.78, 5) is 12.3. The number of nitrogens with zero attached hydrogens (tertiary/aromatic N) is 1. The molecule has 0 unspecified atom stereocenters. The van der Waals surface area contributed by atoms with E-state index in [1.165, 1.54) is 0 Å². The number of nitrogens with one attached hydrogen (secondary N) is 1. The monoisotopic (exact) mass is 314 g/mol. The van der Waals surface area contributed by atoms with Crippen molar-refractivity contribution in [1.29, 1.82) is 5.26 Å². The number of hydrogen-bond donors (Lipinski definition) is 1. The molecule has 3 rings (SSSR count). The summed E-state index contributed by atoms with van der Waals surface area (Å²) < 4.78 is 0. The Morgan fingerprint density at radius 1 is 1.04 bits per heavy atom. The molecule has 0 radical (unpaired) electrons. The largest absolute Gasteiger partial charge is 0.349 e. The lowest BCUT2D eigenvalue weighted by atomic mass is 9.95. The number of hydrogen-bond acceptors (Lipinski definition) is 2. The molecule has 0 saturated heterocycles. The lowest BCUT2D eigenvalue weighted by Gasteiger charge is -2.10. The van der Waals surface area contributed by atoms with Crippen LogP contribution < -0.4 is 5.32 Å². The zero-order chi connectivity index (χ0) is 17.1. The van der Waals surface area contributed by atoms with Gasteiger partial charge in [0, 0.05) is 6.04 Å². The van der Waals surface area contributed by atoms with Gasteiger partial charge in [0.1, 0.15) is 11.6 Å². The highest BCUT2D eigenvalue weighted by atomic mass is 16.1. The van der Waals surface area contributed by atoms with E-state index < -0.39 is 0 Å². The van der Waals surface area contributed by atoms with Crippen molar-refractivity contribution in [2.45, 2.75) is 19.9 Å². The summed E-state index contributed by atoms with van der Waals surface area (Å²) in [7, 11) is 0. The summed E-state index contributed by atoms with van der Waals surface area (Å²) in [5, 5.41) is 16.4. The summed E-state index contributed by atoms with van der Waals surface area (Å²) >= 11 is 0. The van der Waals surface area contributed by atoms with Crippen LogP contribution in [0.25, 0.3) is 27.6 Å². The molecule has 118 valence electrons. The van der Waals surface area contributed by atoms with Gasteiger partial charge in [-0.2, -0.15) is 5.26 Å². The second kappa shape index (κ2) is 6.55. The van der Waals surface area contributed by atoms with E-state index in [0.29, 0.717) is 0 Å². The van der Waals surface area contributed by atoms with Gasteiger partial charge in [0.25, 0.3) is 5.91 Å². The highest BCUT2D eigenvalue weighted by molar-refractivity contribution is 6.11. The quantitative estimate of drug-likeness (QED) is 0.442. The number of rotatable bonds is 3. The van der Waals surface area contributed by atoms with Crippen LogP contribution in [0.4, 0.5) is 0 Å². The van der Waals surface area contributed by atoms with Gasteiger partial charge in [-0.05, 0) is 53.1 Å². The molecule has 1 amide bonds. The van der Waals surface area contributed by atoms with Gasteiger partial charge in [0.15, 0.2) is 0 Å². The number of nitriles is 1. The minimum atomic E-state index is -0.343. The Kier molecular flexibility index (Phi) is 4.31. The fraction of sp³-hybridized carbons (Fsp3) is 0.143. The molecule has 1 N–H and O–H groups in total. The van der Waals surface area contributed by atoms with Crippen LogP contribution in [0.1, 0.15) is 19.4 Å². The van der Waals surface area contributed by atoms with Crippen molar-refractivity contribution in [2.75, 3.05) is 0 Å². The molecular formula is C21H18N2O. The van der Waals surface area contributed by atoms with E-state index in [4.69, 9.17) is 0 Å². The highest BCUT2D eigenvalue weighted by Crippen LogP contribution is 2.30. The third kappa shape index (κ3) is 3.00. The van der Waals surface area contributed by atoms with Crippen LogP contribution in [0.2, 0.25) is 0 Å². The van der Waals surface area contributed by atoms with E-state index in [0.717, 1.165) is 27.1 Å². The summed E-state index contributed by atoms with van der Waals surface area (Å²) in [5.41, 5.74) is 1.02. The van der Waals surface area contributed by atoms with Crippen molar-refractivity contribution in [3.05, 3.63) is 65.7 Å². The van der Waals surface area contributed by atoms with E-state index in [9.17, 15) is 10.1 Å². The Morgan fingerprint density at radius 2 is 1.58 bits per heavy atom. The average Bonchev–Trinajstić information content (AvgIpc) is 2.57. The molecule has 0 fully saturated rings. The van der Waals surface area contributed by atoms with E-state index >= 15 is 0 Å². The van der Waals surface area contributed by atoms with Crippen molar-refractivity contribution in [3.8, 4) is 6.07 Å². The third-order valence-electron chi connectivity index (χ3n) is 3.89. The molecule has 0 aliphatic rings. The fourth-order valence-corrected chi connectivity index (χ4v) is 2.84. The fourth-order valence-electron chi connectivity index (χ4n) is 2.84. The van der Waals surface area contributed by atoms with Gasteiger partial charge in [-0.1, -0.05) is 48.5 Å². The summed E-state index contributed by atoms with van der Waals surface area (Å²) in [6.07, 6.45) is 1.70. The second-order valence-corrected chi connectivity index (χ2v) is 6.03. The molecule has 0 bridgehead atoms. The minimum Gasteiger partial charge on any atom is -0.349 e. The zero-order valence-corrected chi connectivity index (χ0v) is 13.7. The van der Waals surface area contributed by atoms with Crippen molar-refractivity contribution in [3.63, 3.8) is 0 Å². The van der Waals surface area contributed by atoms with Crippen LogP contribution >= 0.6 is 0 Å². The number of benzene rings is 3. The first-order chi connectivity index (χ1) is 11.6. The molecule has 0 heterocycles. The van der Waals surface area contributed by atoms with Gasteiger partial charge >= 0.3 is 0 Å². The van der Waals surface area contributed by atoms with E-state index in [1.807, 2.05) is 68.4 Å². The lowest BCUT2D eigenvalue weighted by molar-refractivity contribution is -0.117. The predicted octanol–water partition coefficient (Wildman–Crippen LogP) is 4.42. The Balaban J connectivity index is 2.28. The molecule has 0 spiro atoms. The Labute approximate surface area is 141 Å². The van der Waals surface area contributed by atoms with Crippen LogP contribution in [-0.4, -0.2) is 11.9 Å². The second-order valence-electron chi connectivity index (χ2n) is 6.03. The molecule has 0 aliphatic carbocycles. The number of carbonyl (C=O) groups excluding carboxylic acids is 1. The van der Waals surface area contributed by atoms with Crippen LogP contribution in [0, 0.1) is 11.3 Å². The molecule has 3 aromatic carbocycles. The zero-order valence-electron chi connectivity index (χ0n) is 13.7. The maximum absolute atomic E-state index is 12.3. The predicted molar refractivity (Wildman–Crippen MR) is 98.3 cm³/mol. The van der Waals surface area contributed by atoms with Gasteiger partial charge in [0.05, 0.1) is 0 Å². The van der Waals surface area contributed by atoms with Gasteiger partial charge in [-0.25, -0.2) is 0 Å². The first-order valence-electron chi connectivity index (χ1n) is 7.93. The molecule has 3 heteroatoms. The third-order valence-corrected chi connectivity index (χ3v) is 3.89. The van der Waals surface area contributed by atoms with Gasteiger partial charge < -0.3 is 5.32 Å². The normalized spacial score (nSPS) is 11.7. The lowest BCUT2D eigenvalue weighted by Crippen LogP contribution is -2.30. The van der Waals surface area contributed by atoms with Gasteiger partial charge in [-0.15, -0.1) is 0 Å². The highest BCUT2D eigenvalue weighted by Gasteiger charge is 2.12. The molecule has 24 heavy (non-hydrogen) atoms. The number of amides is 1. The van der Waals surface area contributed by atoms with Crippen molar-refractivity contribution in [1.82, 2.24) is 5.32 Å². The first-order valence-corrected chi connectivity index (χ1v) is 7.93. The molecule has 0 aliphatic heterocycles. The molecule has 0 aromatic heterocycles. The van der Waals surface area contributed by atoms with Crippen LogP contribution in [0.15, 0.2) is 60.2 Å². The maximum atomic E-state index is 12.3. The van der Waals surface area contributed by atoms with Crippen molar-refractivity contribution in [2.24, 2.45) is 0 Å². The summed E-state index contributed by atoms with van der Waals surface area (Å²) in [6, 6.07) is 20.2. The topological polar surface area (TPSA) is 52.9 Å². The number of fused-ring (bicyclic) bond motifs is 2. The first kappa shape index (κ1) is 15.8. The van der Waals surface area contributed by atoms with Crippen LogP contribution in [-0.2, 0) is 4.79 Å². The Bertz CT molecular complexity index is 940. The Hall–Kier alpha value is -3.12. The van der Waals surface area contributed by atoms with Gasteiger partial charge in [0.2, 0.25) is 0 Å². The average molecular weight is 314 g/mol. The summed E-state index contributed by atoms with van der Waals surface area (Å²) in [6.45, 7) is 3.75. The van der Waals surface area contributed by atoms with Gasteiger partial charge in [-0.3, -0.25) is 4.79 Å². The van der Waals surface area contributed by atoms with E-state index in [-0.39, 0.29) is 17.5 Å². The minimum absolute atomic E-state index is 0.0153. The molecule has 0 atom stereocenters. The Morgan fingerprint density at radius 3 is 2.08 bits per heavy atom. The van der Waals surface area contributed by atoms with Crippen molar-refractivity contribution < 1.29 is 4.79 Å². The van der Waals surface area contributed by atoms with E-state index in [2.05, 4.69) is 11.4 Å². The standard InChI is InChI=1S/C21H18N2O/c1-14(2)23-21(24)17(13-22)12-20-18-9-5-3-7-15(18)11-16-8-4-6-10-19(16)20/h3-12,14H,1-2H3,(H,23,24)/b17-12-. The SMILES string of the molecule is CC(C)NC(=O)/C(C#N)=C\c1c2ccccc2cc2ccccc12. The summed E-state index contributed by atoms with van der Waals surface area (Å²) in [5.74, 6) is -0.343. The van der Waals surface area contributed by atoms with Crippen LogP contribution in [0.3, 0.4) is 0 Å². The number of carbonyl (C=O) groups is 1. The van der Waals surface area contributed by atoms with E-state index in [1.54, 1.807) is 6.08 Å². The van der Waals surface area contributed by atoms with Crippen molar-refractivity contribution >= 4 is 33.5 Å². The smallest absolute Gasteiger partial charge is 0.262 e. The molecule has 3 nitrogen and oxygen atoms in total. The molecular weight excluding hydrogens is 296 g/mol. The maximum Gasteiger partial charge on any atom is 0.262 e.